The smallest absolute Gasteiger partial charge is 0.333 e. The van der Waals surface area contributed by atoms with Crippen LogP contribution in [0.1, 0.15) is 42.6 Å². The van der Waals surface area contributed by atoms with E-state index in [0.717, 1.165) is 50.2 Å². The number of alkyl halides is 4. The molecule has 7 nitrogen and oxygen atoms in total. The number of nitrogens with zero attached hydrogens (tertiary/aromatic N) is 6. The van der Waals surface area contributed by atoms with Crippen LogP contribution >= 0.6 is 0 Å². The molecule has 3 aromatic rings. The van der Waals surface area contributed by atoms with Gasteiger partial charge in [-0.25, -0.2) is 28.7 Å². The first-order valence-corrected chi connectivity index (χ1v) is 12.8. The van der Waals surface area contributed by atoms with Crippen LogP contribution in [0, 0.1) is 5.82 Å². The zero-order valence-electron chi connectivity index (χ0n) is 21.1. The fourth-order valence-electron chi connectivity index (χ4n) is 4.97. The summed E-state index contributed by atoms with van der Waals surface area (Å²) in [4.78, 5) is 15.2. The molecule has 204 valence electrons. The van der Waals surface area contributed by atoms with Crippen molar-refractivity contribution >= 4 is 5.82 Å². The molecule has 2 saturated heterocycles. The average Bonchev–Trinajstić information content (AvgIpc) is 3.27. The summed E-state index contributed by atoms with van der Waals surface area (Å²) in [5, 5.41) is 1.78. The van der Waals surface area contributed by atoms with Crippen LogP contribution in [0.15, 0.2) is 36.9 Å². The second kappa shape index (κ2) is 10.9. The monoisotopic (exact) mass is 535 g/mol. The summed E-state index contributed by atoms with van der Waals surface area (Å²) in [5.74, 6) is -0.723. The standard InChI is InChI=1S/C26H30F5N7/c1-2-17-13-32-16-33-24(17)35-38-9-6-19(22(28)14-38)25-34-23(15-37(25)11-10-36-7-3-8-36)18-4-5-21(27)20(12-18)26(29,30)31/h4-5,12-13,15-16,19,22H,2-3,6-11,14H2,1H3,(H,32,33,35). The van der Waals surface area contributed by atoms with Gasteiger partial charge in [0.05, 0.1) is 23.7 Å². The lowest BCUT2D eigenvalue weighted by molar-refractivity contribution is -0.139. The van der Waals surface area contributed by atoms with Crippen LogP contribution in [0.25, 0.3) is 11.3 Å². The lowest BCUT2D eigenvalue weighted by Gasteiger charge is -2.35. The molecule has 4 heterocycles. The molecule has 0 radical (unpaired) electrons. The number of rotatable bonds is 8. The first-order valence-electron chi connectivity index (χ1n) is 12.8. The Hall–Kier alpha value is -3.12. The third kappa shape index (κ3) is 5.65. The molecule has 0 aliphatic carbocycles. The molecule has 1 N–H and O–H groups in total. The molecule has 2 fully saturated rings. The molecule has 38 heavy (non-hydrogen) atoms. The van der Waals surface area contributed by atoms with E-state index in [9.17, 15) is 17.6 Å². The minimum absolute atomic E-state index is 0.0981. The topological polar surface area (TPSA) is 62.1 Å². The SMILES string of the molecule is CCc1cncnc1NN1CCC(c2nc(-c3ccc(F)c(C(F)(F)F)c3)cn2CCN2CCC2)C(F)C1. The highest BCUT2D eigenvalue weighted by Gasteiger charge is 2.36. The van der Waals surface area contributed by atoms with Crippen LogP contribution in [0.4, 0.5) is 27.8 Å². The molecule has 0 amide bonds. The van der Waals surface area contributed by atoms with Crippen LogP contribution < -0.4 is 5.43 Å². The third-order valence-electron chi connectivity index (χ3n) is 7.29. The van der Waals surface area contributed by atoms with Crippen molar-refractivity contribution in [1.82, 2.24) is 29.4 Å². The van der Waals surface area contributed by atoms with Gasteiger partial charge in [0.25, 0.3) is 0 Å². The molecule has 2 unspecified atom stereocenters. The molecular formula is C26H30F5N7. The first kappa shape index (κ1) is 26.5. The van der Waals surface area contributed by atoms with Crippen molar-refractivity contribution < 1.29 is 22.0 Å². The van der Waals surface area contributed by atoms with Gasteiger partial charge in [0, 0.05) is 43.2 Å². The number of hydrazine groups is 1. The van der Waals surface area contributed by atoms with Crippen LogP contribution in [0.3, 0.4) is 0 Å². The van der Waals surface area contributed by atoms with Crippen molar-refractivity contribution in [3.05, 3.63) is 59.7 Å². The summed E-state index contributed by atoms with van der Waals surface area (Å²) in [6, 6.07) is 2.85. The number of aryl methyl sites for hydroxylation is 1. The van der Waals surface area contributed by atoms with Crippen molar-refractivity contribution in [3.8, 4) is 11.3 Å². The van der Waals surface area contributed by atoms with Crippen LogP contribution in [-0.4, -0.2) is 68.3 Å². The second-order valence-corrected chi connectivity index (χ2v) is 9.78. The van der Waals surface area contributed by atoms with Gasteiger partial charge in [-0.3, -0.25) is 0 Å². The molecular weight excluding hydrogens is 505 g/mol. The molecule has 0 bridgehead atoms. The molecule has 2 aliphatic rings. The summed E-state index contributed by atoms with van der Waals surface area (Å²) < 4.78 is 71.4. The lowest BCUT2D eigenvalue weighted by Crippen LogP contribution is -2.45. The zero-order valence-corrected chi connectivity index (χ0v) is 21.1. The number of anilines is 1. The van der Waals surface area contributed by atoms with E-state index in [4.69, 9.17) is 0 Å². The van der Waals surface area contributed by atoms with Crippen molar-refractivity contribution in [3.63, 3.8) is 0 Å². The maximum Gasteiger partial charge on any atom is 0.419 e. The van der Waals surface area contributed by atoms with Gasteiger partial charge in [-0.05, 0) is 50.6 Å². The summed E-state index contributed by atoms with van der Waals surface area (Å²) in [5.41, 5.74) is 3.20. The van der Waals surface area contributed by atoms with Gasteiger partial charge in [-0.15, -0.1) is 0 Å². The summed E-state index contributed by atoms with van der Waals surface area (Å²) in [6.07, 6.45) is 1.06. The molecule has 2 aliphatic heterocycles. The molecule has 12 heteroatoms. The van der Waals surface area contributed by atoms with Crippen LogP contribution in [-0.2, 0) is 19.1 Å². The fourth-order valence-corrected chi connectivity index (χ4v) is 4.97. The predicted octanol–water partition coefficient (Wildman–Crippen LogP) is 4.92. The Kier molecular flexibility index (Phi) is 7.62. The molecule has 1 aromatic carbocycles. The van der Waals surface area contributed by atoms with Gasteiger partial charge < -0.3 is 14.9 Å². The number of piperidine rings is 1. The Morgan fingerprint density at radius 2 is 1.95 bits per heavy atom. The highest BCUT2D eigenvalue weighted by atomic mass is 19.4. The van der Waals surface area contributed by atoms with E-state index in [2.05, 4.69) is 25.3 Å². The van der Waals surface area contributed by atoms with Gasteiger partial charge in [-0.2, -0.15) is 13.2 Å². The predicted molar refractivity (Wildman–Crippen MR) is 133 cm³/mol. The first-order chi connectivity index (χ1) is 18.2. The number of benzene rings is 1. The molecule has 2 aromatic heterocycles. The summed E-state index contributed by atoms with van der Waals surface area (Å²) in [7, 11) is 0. The van der Waals surface area contributed by atoms with E-state index in [1.54, 1.807) is 17.4 Å². The Morgan fingerprint density at radius 1 is 1.13 bits per heavy atom. The maximum atomic E-state index is 15.6. The number of hydrogen-bond acceptors (Lipinski definition) is 6. The Morgan fingerprint density at radius 3 is 2.63 bits per heavy atom. The highest BCUT2D eigenvalue weighted by molar-refractivity contribution is 5.60. The molecule has 5 rings (SSSR count). The Labute approximate surface area is 217 Å². The number of aromatic nitrogens is 4. The van der Waals surface area contributed by atoms with Crippen LogP contribution in [0.5, 0.6) is 0 Å². The fraction of sp³-hybridized carbons (Fsp3) is 0.500. The lowest BCUT2D eigenvalue weighted by atomic mass is 9.94. The quantitative estimate of drug-likeness (QED) is 0.414. The Bertz CT molecular complexity index is 1260. The van der Waals surface area contributed by atoms with Gasteiger partial charge in [0.2, 0.25) is 0 Å². The molecule has 2 atom stereocenters. The number of nitrogens with one attached hydrogen (secondary N) is 1. The van der Waals surface area contributed by atoms with Gasteiger partial charge in [-0.1, -0.05) is 6.92 Å². The molecule has 0 spiro atoms. The molecule has 0 saturated carbocycles. The van der Waals surface area contributed by atoms with Crippen LogP contribution in [0.2, 0.25) is 0 Å². The van der Waals surface area contributed by atoms with E-state index < -0.39 is 29.6 Å². The van der Waals surface area contributed by atoms with Gasteiger partial charge in [0.15, 0.2) is 0 Å². The Balaban J connectivity index is 1.38. The van der Waals surface area contributed by atoms with E-state index in [1.807, 2.05) is 11.5 Å². The van der Waals surface area contributed by atoms with Crippen molar-refractivity contribution in [2.24, 2.45) is 0 Å². The number of hydrogen-bond donors (Lipinski definition) is 1. The van der Waals surface area contributed by atoms with Crippen molar-refractivity contribution in [2.45, 2.75) is 51.0 Å². The normalized spacial score (nSPS) is 20.9. The van der Waals surface area contributed by atoms with E-state index >= 15 is 4.39 Å². The largest absolute Gasteiger partial charge is 0.419 e. The number of imidazole rings is 1. The number of halogens is 5. The maximum absolute atomic E-state index is 15.6. The summed E-state index contributed by atoms with van der Waals surface area (Å²) >= 11 is 0. The second-order valence-electron chi connectivity index (χ2n) is 9.78. The van der Waals surface area contributed by atoms with E-state index in [1.165, 1.54) is 12.4 Å². The third-order valence-corrected chi connectivity index (χ3v) is 7.29. The van der Waals surface area contributed by atoms with Gasteiger partial charge in [0.1, 0.15) is 30.0 Å². The summed E-state index contributed by atoms with van der Waals surface area (Å²) in [6.45, 7) is 5.88. The number of likely N-dealkylation sites (tertiary alicyclic amines) is 1. The minimum atomic E-state index is -4.83. The minimum Gasteiger partial charge on any atom is -0.333 e. The van der Waals surface area contributed by atoms with Crippen molar-refractivity contribution in [2.75, 3.05) is 38.1 Å². The average molecular weight is 536 g/mol. The van der Waals surface area contributed by atoms with E-state index in [-0.39, 0.29) is 17.8 Å². The highest BCUT2D eigenvalue weighted by Crippen LogP contribution is 2.36. The van der Waals surface area contributed by atoms with E-state index in [0.29, 0.717) is 31.2 Å². The van der Waals surface area contributed by atoms with Crippen molar-refractivity contribution in [1.29, 1.82) is 0 Å². The van der Waals surface area contributed by atoms with Gasteiger partial charge >= 0.3 is 6.18 Å². The zero-order chi connectivity index (χ0) is 26.9.